The third kappa shape index (κ3) is 5.83. The lowest BCUT2D eigenvalue weighted by Gasteiger charge is -2.44. The van der Waals surface area contributed by atoms with Gasteiger partial charge in [0.05, 0.1) is 11.4 Å². The van der Waals surface area contributed by atoms with Crippen LogP contribution in [0.5, 0.6) is 0 Å². The lowest BCUT2D eigenvalue weighted by atomic mass is 9.67. The first-order chi connectivity index (χ1) is 22.2. The second-order valence-corrected chi connectivity index (χ2v) is 15.6. The van der Waals surface area contributed by atoms with Crippen molar-refractivity contribution in [3.05, 3.63) is 65.7 Å². The van der Waals surface area contributed by atoms with Gasteiger partial charge in [-0.2, -0.15) is 13.2 Å². The van der Waals surface area contributed by atoms with E-state index in [1.165, 1.54) is 21.9 Å². The number of halogens is 3. The van der Waals surface area contributed by atoms with Gasteiger partial charge >= 0.3 is 12.2 Å². The molecule has 1 aliphatic carbocycles. The Bertz CT molecular complexity index is 1620. The van der Waals surface area contributed by atoms with Crippen molar-refractivity contribution >= 4 is 27.7 Å². The van der Waals surface area contributed by atoms with Crippen LogP contribution in [0.25, 0.3) is 0 Å². The summed E-state index contributed by atoms with van der Waals surface area (Å²) in [6, 6.07) is 15.4. The van der Waals surface area contributed by atoms with Gasteiger partial charge in [-0.3, -0.25) is 14.5 Å². The highest BCUT2D eigenvalue weighted by Gasteiger charge is 2.65. The van der Waals surface area contributed by atoms with E-state index < -0.39 is 32.9 Å². The van der Waals surface area contributed by atoms with E-state index in [-0.39, 0.29) is 61.1 Å². The number of amides is 4. The number of likely N-dealkylation sites (N-methyl/N-ethyl adjacent to an activating group) is 1. The van der Waals surface area contributed by atoms with E-state index >= 15 is 0 Å². The zero-order valence-electron chi connectivity index (χ0n) is 26.7. The van der Waals surface area contributed by atoms with Crippen molar-refractivity contribution in [2.75, 3.05) is 45.5 Å². The molecule has 0 bridgehead atoms. The van der Waals surface area contributed by atoms with Crippen LogP contribution in [0.15, 0.2) is 59.5 Å². The number of urea groups is 1. The Kier molecular flexibility index (Phi) is 8.69. The smallest absolute Gasteiger partial charge is 0.341 e. The van der Waals surface area contributed by atoms with E-state index in [2.05, 4.69) is 4.90 Å². The van der Waals surface area contributed by atoms with Gasteiger partial charge in [-0.15, -0.1) is 0 Å². The molecule has 0 N–H and O–H groups in total. The maximum Gasteiger partial charge on any atom is 0.403 e. The van der Waals surface area contributed by atoms with Crippen LogP contribution in [0.1, 0.15) is 56.1 Å². The summed E-state index contributed by atoms with van der Waals surface area (Å²) in [6.07, 6.45) is -2.56. The van der Waals surface area contributed by atoms with Gasteiger partial charge in [0.1, 0.15) is 11.0 Å². The molecule has 4 fully saturated rings. The van der Waals surface area contributed by atoms with Crippen molar-refractivity contribution in [3.8, 4) is 0 Å². The summed E-state index contributed by atoms with van der Waals surface area (Å²) >= 11 is 0. The van der Waals surface area contributed by atoms with E-state index in [0.717, 1.165) is 11.8 Å². The standard InChI is InChI=1S/C34H41F3N4O5S/c1-3-41-31(44)40(20-24-10-12-27(13-11-24)47(2,45)46)30(43)33(41)16-18-38(19-17-33)21-26-22-39(23-28(26)25-8-5-4-6-9-25)29(42)32(14-7-15-32)34(35,36)37/h4-6,8-13,26,28H,3,7,14-23H2,1-2H3/t26-,28+/m0/s1. The van der Waals surface area contributed by atoms with Crippen LogP contribution < -0.4 is 0 Å². The van der Waals surface area contributed by atoms with E-state index in [1.807, 2.05) is 37.3 Å². The minimum atomic E-state index is -4.58. The Balaban J connectivity index is 1.15. The Morgan fingerprint density at radius 2 is 1.57 bits per heavy atom. The fraction of sp³-hybridized carbons (Fsp3) is 0.559. The molecule has 0 unspecified atom stereocenters. The SMILES string of the molecule is CCN1C(=O)N(Cc2ccc(S(C)(=O)=O)cc2)C(=O)C12CCN(C[C@H]1CN(C(=O)C3(C(F)(F)F)CCC3)C[C@@H]1c1ccccc1)CC2. The molecule has 9 nitrogen and oxygen atoms in total. The highest BCUT2D eigenvalue weighted by molar-refractivity contribution is 7.90. The predicted molar refractivity (Wildman–Crippen MR) is 168 cm³/mol. The number of imide groups is 1. The second kappa shape index (κ2) is 12.2. The fourth-order valence-electron chi connectivity index (χ4n) is 8.06. The van der Waals surface area contributed by atoms with Crippen LogP contribution in [0.4, 0.5) is 18.0 Å². The Labute approximate surface area is 273 Å². The summed E-state index contributed by atoms with van der Waals surface area (Å²) in [5.74, 6) is -1.28. The van der Waals surface area contributed by atoms with Crippen molar-refractivity contribution in [1.82, 2.24) is 19.6 Å². The first-order valence-electron chi connectivity index (χ1n) is 16.3. The van der Waals surface area contributed by atoms with E-state index in [9.17, 15) is 36.0 Å². The highest BCUT2D eigenvalue weighted by Crippen LogP contribution is 2.55. The molecule has 2 aromatic carbocycles. The molecule has 6 rings (SSSR count). The number of alkyl halides is 3. The summed E-state index contributed by atoms with van der Waals surface area (Å²) in [6.45, 7) is 4.30. The predicted octanol–water partition coefficient (Wildman–Crippen LogP) is 4.68. The lowest BCUT2D eigenvalue weighted by Crippen LogP contribution is -2.57. The van der Waals surface area contributed by atoms with E-state index in [1.54, 1.807) is 17.0 Å². The van der Waals surface area contributed by atoms with Crippen LogP contribution in [-0.4, -0.2) is 103 Å². The van der Waals surface area contributed by atoms with Gasteiger partial charge in [-0.05, 0) is 61.8 Å². The maximum absolute atomic E-state index is 14.1. The zero-order chi connectivity index (χ0) is 33.8. The fourth-order valence-corrected chi connectivity index (χ4v) is 8.69. The molecular weight excluding hydrogens is 633 g/mol. The number of piperidine rings is 1. The average molecular weight is 675 g/mol. The third-order valence-corrected chi connectivity index (χ3v) is 12.0. The van der Waals surface area contributed by atoms with Crippen LogP contribution in [0, 0.1) is 11.3 Å². The third-order valence-electron chi connectivity index (χ3n) is 10.9. The number of likely N-dealkylation sites (tertiary alicyclic amines) is 2. The summed E-state index contributed by atoms with van der Waals surface area (Å²) in [5, 5.41) is 0. The molecule has 0 radical (unpaired) electrons. The maximum atomic E-state index is 14.1. The molecule has 4 amide bonds. The molecule has 0 aromatic heterocycles. The van der Waals surface area contributed by atoms with Crippen molar-refractivity contribution < 1.29 is 36.0 Å². The highest BCUT2D eigenvalue weighted by atomic mass is 32.2. The molecule has 2 atom stereocenters. The Hall–Kier alpha value is -3.45. The number of carbonyl (C=O) groups excluding carboxylic acids is 3. The average Bonchev–Trinajstić information content (AvgIpc) is 3.50. The molecular formula is C34H41F3N4O5S. The topological polar surface area (TPSA) is 98.3 Å². The number of hydrogen-bond donors (Lipinski definition) is 0. The molecule has 1 spiro atoms. The van der Waals surface area contributed by atoms with E-state index in [0.29, 0.717) is 51.0 Å². The van der Waals surface area contributed by atoms with Gasteiger partial charge < -0.3 is 14.7 Å². The second-order valence-electron chi connectivity index (χ2n) is 13.6. The Morgan fingerprint density at radius 3 is 2.11 bits per heavy atom. The first kappa shape index (κ1) is 33.5. The van der Waals surface area contributed by atoms with Crippen LogP contribution >= 0.6 is 0 Å². The first-order valence-corrected chi connectivity index (χ1v) is 18.2. The van der Waals surface area contributed by atoms with Gasteiger partial charge in [0.15, 0.2) is 9.84 Å². The molecule has 47 heavy (non-hydrogen) atoms. The van der Waals surface area contributed by atoms with Crippen LogP contribution in [-0.2, 0) is 26.0 Å². The molecule has 3 saturated heterocycles. The molecule has 3 aliphatic heterocycles. The number of nitrogens with zero attached hydrogens (tertiary/aromatic N) is 4. The van der Waals surface area contributed by atoms with Gasteiger partial charge in [0.2, 0.25) is 5.91 Å². The Morgan fingerprint density at radius 1 is 0.936 bits per heavy atom. The van der Waals surface area contributed by atoms with Gasteiger partial charge in [0.25, 0.3) is 5.91 Å². The molecule has 2 aromatic rings. The monoisotopic (exact) mass is 674 g/mol. The molecule has 1 saturated carbocycles. The van der Waals surface area contributed by atoms with E-state index in [4.69, 9.17) is 0 Å². The number of benzene rings is 2. The minimum absolute atomic E-state index is 0.0355. The number of sulfone groups is 1. The van der Waals surface area contributed by atoms with Gasteiger partial charge in [-0.25, -0.2) is 13.2 Å². The van der Waals surface area contributed by atoms with Crippen LogP contribution in [0.3, 0.4) is 0 Å². The molecule has 3 heterocycles. The normalized spacial score (nSPS) is 24.7. The molecule has 254 valence electrons. The zero-order valence-corrected chi connectivity index (χ0v) is 27.5. The minimum Gasteiger partial charge on any atom is -0.341 e. The van der Waals surface area contributed by atoms with Crippen molar-refractivity contribution in [3.63, 3.8) is 0 Å². The summed E-state index contributed by atoms with van der Waals surface area (Å²) in [4.78, 5) is 47.5. The lowest BCUT2D eigenvalue weighted by molar-refractivity contribution is -0.248. The molecule has 4 aliphatic rings. The summed E-state index contributed by atoms with van der Waals surface area (Å²) < 4.78 is 66.0. The largest absolute Gasteiger partial charge is 0.403 e. The molecule has 13 heteroatoms. The summed E-state index contributed by atoms with van der Waals surface area (Å²) in [5.41, 5.74) is -1.63. The van der Waals surface area contributed by atoms with Crippen molar-refractivity contribution in [2.24, 2.45) is 11.3 Å². The van der Waals surface area contributed by atoms with Crippen molar-refractivity contribution in [2.45, 2.75) is 68.1 Å². The number of hydrogen-bond acceptors (Lipinski definition) is 6. The van der Waals surface area contributed by atoms with Crippen LogP contribution in [0.2, 0.25) is 0 Å². The van der Waals surface area contributed by atoms with Gasteiger partial charge in [-0.1, -0.05) is 48.9 Å². The number of carbonyl (C=O) groups is 3. The summed E-state index contributed by atoms with van der Waals surface area (Å²) in [7, 11) is -3.38. The quantitative estimate of drug-likeness (QED) is 0.378. The van der Waals surface area contributed by atoms with Crippen molar-refractivity contribution in [1.29, 1.82) is 0 Å². The number of rotatable bonds is 8. The van der Waals surface area contributed by atoms with Gasteiger partial charge in [0, 0.05) is 51.4 Å².